The predicted molar refractivity (Wildman–Crippen MR) is 83.0 cm³/mol. The Hall–Kier alpha value is -0.590. The smallest absolute Gasteiger partial charge is 0.126 e. The molecule has 1 heteroatoms. The predicted octanol–water partition coefficient (Wildman–Crippen LogP) is 6.09. The summed E-state index contributed by atoms with van der Waals surface area (Å²) < 4.78 is 14.5. The van der Waals surface area contributed by atoms with Gasteiger partial charge in [-0.1, -0.05) is 73.0 Å². The Morgan fingerprint density at radius 2 is 1.74 bits per heavy atom. The molecule has 1 aliphatic rings. The molecule has 0 heterocycles. The minimum Gasteiger partial charge on any atom is -0.242 e. The molecule has 0 aromatic heterocycles. The van der Waals surface area contributed by atoms with Crippen LogP contribution in [0.2, 0.25) is 0 Å². The van der Waals surface area contributed by atoms with Crippen LogP contribution in [0.1, 0.15) is 67.2 Å². The minimum atomic E-state index is -0.837. The largest absolute Gasteiger partial charge is 0.242 e. The molecule has 0 amide bonds. The number of unbranched alkanes of at least 4 members (excludes halogenated alkanes) is 2. The molecular weight excluding hydrogens is 235 g/mol. The van der Waals surface area contributed by atoms with Crippen LogP contribution in [-0.2, 0) is 0 Å². The van der Waals surface area contributed by atoms with Gasteiger partial charge in [0.2, 0.25) is 0 Å². The normalized spacial score (nSPS) is 24.5. The lowest BCUT2D eigenvalue weighted by Crippen LogP contribution is -2.32. The van der Waals surface area contributed by atoms with E-state index in [2.05, 4.69) is 53.7 Å². The van der Waals surface area contributed by atoms with Gasteiger partial charge in [0.15, 0.2) is 0 Å². The van der Waals surface area contributed by atoms with Crippen LogP contribution in [0.15, 0.2) is 23.8 Å². The molecular formula is C18H31F. The van der Waals surface area contributed by atoms with Gasteiger partial charge < -0.3 is 0 Å². The molecule has 0 bridgehead atoms. The second-order valence-electron chi connectivity index (χ2n) is 7.65. The van der Waals surface area contributed by atoms with Gasteiger partial charge in [0.25, 0.3) is 0 Å². The van der Waals surface area contributed by atoms with Gasteiger partial charge in [-0.3, -0.25) is 0 Å². The molecule has 0 fully saturated rings. The lowest BCUT2D eigenvalue weighted by molar-refractivity contribution is 0.151. The van der Waals surface area contributed by atoms with Crippen molar-refractivity contribution < 1.29 is 4.39 Å². The van der Waals surface area contributed by atoms with Crippen LogP contribution < -0.4 is 0 Å². The van der Waals surface area contributed by atoms with E-state index in [1.807, 2.05) is 6.08 Å². The van der Waals surface area contributed by atoms with Crippen LogP contribution in [0.5, 0.6) is 0 Å². The Labute approximate surface area is 119 Å². The van der Waals surface area contributed by atoms with E-state index < -0.39 is 6.17 Å². The molecule has 0 nitrogen and oxygen atoms in total. The summed E-state index contributed by atoms with van der Waals surface area (Å²) in [5.41, 5.74) is 1.21. The first-order chi connectivity index (χ1) is 8.68. The molecule has 0 aliphatic heterocycles. The summed E-state index contributed by atoms with van der Waals surface area (Å²) in [7, 11) is 0. The van der Waals surface area contributed by atoms with E-state index in [1.165, 1.54) is 19.3 Å². The maximum absolute atomic E-state index is 14.5. The first kappa shape index (κ1) is 16.5. The van der Waals surface area contributed by atoms with Crippen LogP contribution in [0.4, 0.5) is 4.39 Å². The van der Waals surface area contributed by atoms with Crippen molar-refractivity contribution in [3.63, 3.8) is 0 Å². The summed E-state index contributed by atoms with van der Waals surface area (Å²) in [5.74, 6) is 0.0236. The monoisotopic (exact) mass is 266 g/mol. The van der Waals surface area contributed by atoms with Crippen molar-refractivity contribution in [2.45, 2.75) is 73.4 Å². The third-order valence-corrected chi connectivity index (χ3v) is 4.36. The van der Waals surface area contributed by atoms with Gasteiger partial charge in [0, 0.05) is 5.92 Å². The standard InChI is InChI=1S/C18H31F/c1-7-8-9-12-18(5,6)15-11-10-14(13-16(15)19)17(2,3)4/h10-11,13,15-16H,7-9,12H2,1-6H3. The third-order valence-electron chi connectivity index (χ3n) is 4.36. The summed E-state index contributed by atoms with van der Waals surface area (Å²) in [6.45, 7) is 13.1. The minimum absolute atomic E-state index is 0.0236. The van der Waals surface area contributed by atoms with Crippen molar-refractivity contribution in [1.82, 2.24) is 0 Å². The van der Waals surface area contributed by atoms with Crippen molar-refractivity contribution in [2.24, 2.45) is 16.7 Å². The third kappa shape index (κ3) is 4.47. The van der Waals surface area contributed by atoms with Gasteiger partial charge in [0.1, 0.15) is 6.17 Å². The molecule has 19 heavy (non-hydrogen) atoms. The highest BCUT2D eigenvalue weighted by Gasteiger charge is 2.35. The highest BCUT2D eigenvalue weighted by atomic mass is 19.1. The summed E-state index contributed by atoms with van der Waals surface area (Å²) >= 11 is 0. The Morgan fingerprint density at radius 1 is 1.11 bits per heavy atom. The maximum atomic E-state index is 14.5. The Balaban J connectivity index is 2.73. The quantitative estimate of drug-likeness (QED) is 0.528. The Morgan fingerprint density at radius 3 is 2.21 bits per heavy atom. The van der Waals surface area contributed by atoms with Crippen LogP contribution in [0, 0.1) is 16.7 Å². The average Bonchev–Trinajstić information content (AvgIpc) is 2.27. The van der Waals surface area contributed by atoms with Crippen molar-refractivity contribution in [3.05, 3.63) is 23.8 Å². The van der Waals surface area contributed by atoms with E-state index in [1.54, 1.807) is 0 Å². The summed E-state index contributed by atoms with van der Waals surface area (Å²) in [4.78, 5) is 0. The molecule has 1 aliphatic carbocycles. The van der Waals surface area contributed by atoms with E-state index in [4.69, 9.17) is 0 Å². The van der Waals surface area contributed by atoms with E-state index in [0.717, 1.165) is 12.0 Å². The van der Waals surface area contributed by atoms with Gasteiger partial charge in [0.05, 0.1) is 0 Å². The molecule has 0 saturated carbocycles. The molecule has 0 aromatic carbocycles. The number of alkyl halides is 1. The Bertz CT molecular complexity index is 341. The van der Waals surface area contributed by atoms with Crippen LogP contribution in [0.3, 0.4) is 0 Å². The first-order valence-corrected chi connectivity index (χ1v) is 7.73. The van der Waals surface area contributed by atoms with Gasteiger partial charge in [-0.25, -0.2) is 4.39 Å². The number of rotatable bonds is 5. The highest BCUT2D eigenvalue weighted by molar-refractivity contribution is 5.31. The second-order valence-corrected chi connectivity index (χ2v) is 7.65. The second kappa shape index (κ2) is 6.24. The number of hydrogen-bond acceptors (Lipinski definition) is 0. The SMILES string of the molecule is CCCCCC(C)(C)C1C=CC(C(C)(C)C)=CC1F. The fraction of sp³-hybridized carbons (Fsp3) is 0.778. The summed E-state index contributed by atoms with van der Waals surface area (Å²) in [5, 5.41) is 0. The Kier molecular flexibility index (Phi) is 5.41. The maximum Gasteiger partial charge on any atom is 0.126 e. The summed E-state index contributed by atoms with van der Waals surface area (Å²) in [6, 6.07) is 0. The van der Waals surface area contributed by atoms with Crippen molar-refractivity contribution in [2.75, 3.05) is 0 Å². The summed E-state index contributed by atoms with van der Waals surface area (Å²) in [6.07, 6.45) is 10.0. The zero-order valence-corrected chi connectivity index (χ0v) is 13.6. The van der Waals surface area contributed by atoms with Crippen LogP contribution in [0.25, 0.3) is 0 Å². The molecule has 2 unspecified atom stereocenters. The number of hydrogen-bond donors (Lipinski definition) is 0. The number of allylic oxidation sites excluding steroid dienone is 4. The molecule has 0 radical (unpaired) electrons. The van der Waals surface area contributed by atoms with Gasteiger partial charge in [-0.15, -0.1) is 0 Å². The number of halogens is 1. The van der Waals surface area contributed by atoms with Crippen LogP contribution in [-0.4, -0.2) is 6.17 Å². The average molecular weight is 266 g/mol. The van der Waals surface area contributed by atoms with E-state index in [-0.39, 0.29) is 16.7 Å². The van der Waals surface area contributed by atoms with E-state index in [9.17, 15) is 4.39 Å². The zero-order chi connectivity index (χ0) is 14.7. The van der Waals surface area contributed by atoms with Gasteiger partial charge in [-0.05, 0) is 28.9 Å². The zero-order valence-electron chi connectivity index (χ0n) is 13.6. The molecule has 0 aromatic rings. The van der Waals surface area contributed by atoms with Crippen molar-refractivity contribution >= 4 is 0 Å². The van der Waals surface area contributed by atoms with Crippen molar-refractivity contribution in [3.8, 4) is 0 Å². The lowest BCUT2D eigenvalue weighted by atomic mass is 9.69. The fourth-order valence-corrected chi connectivity index (χ4v) is 2.83. The van der Waals surface area contributed by atoms with Gasteiger partial charge in [-0.2, -0.15) is 0 Å². The molecule has 0 spiro atoms. The van der Waals surface area contributed by atoms with E-state index in [0.29, 0.717) is 0 Å². The highest BCUT2D eigenvalue weighted by Crippen LogP contribution is 2.42. The molecule has 0 saturated heterocycles. The topological polar surface area (TPSA) is 0 Å². The molecule has 2 atom stereocenters. The van der Waals surface area contributed by atoms with E-state index >= 15 is 0 Å². The fourth-order valence-electron chi connectivity index (χ4n) is 2.83. The first-order valence-electron chi connectivity index (χ1n) is 7.73. The molecule has 1 rings (SSSR count). The van der Waals surface area contributed by atoms with Crippen LogP contribution >= 0.6 is 0 Å². The van der Waals surface area contributed by atoms with Crippen molar-refractivity contribution in [1.29, 1.82) is 0 Å². The lowest BCUT2D eigenvalue weighted by Gasteiger charge is -2.37. The molecule has 0 N–H and O–H groups in total. The molecule has 110 valence electrons. The van der Waals surface area contributed by atoms with Gasteiger partial charge >= 0.3 is 0 Å².